The third kappa shape index (κ3) is 4.79. The molecule has 0 aliphatic rings. The van der Waals surface area contributed by atoms with E-state index < -0.39 is 29.3 Å². The lowest BCUT2D eigenvalue weighted by molar-refractivity contribution is 0.0779. The van der Waals surface area contributed by atoms with E-state index in [1.807, 2.05) is 0 Å². The summed E-state index contributed by atoms with van der Waals surface area (Å²) in [5.41, 5.74) is 0.105. The van der Waals surface area contributed by atoms with Crippen LogP contribution in [0.15, 0.2) is 24.3 Å². The number of aliphatic hydroxyl groups excluding tert-OH is 1. The Kier molecular flexibility index (Phi) is 7.93. The molecule has 2 aromatic rings. The number of nitrogens with zero attached hydrogens (tertiary/aromatic N) is 1. The molecule has 9 heteroatoms. The third-order valence-corrected chi connectivity index (χ3v) is 4.74. The molecule has 2 aromatic carbocycles. The van der Waals surface area contributed by atoms with Gasteiger partial charge in [-0.2, -0.15) is 0 Å². The molecule has 164 valence electrons. The summed E-state index contributed by atoms with van der Waals surface area (Å²) < 4.78 is 56.9. The highest BCUT2D eigenvalue weighted by Crippen LogP contribution is 2.38. The Labute approximate surface area is 172 Å². The topological polar surface area (TPSA) is 68.2 Å². The normalized spacial score (nSPS) is 11.7. The molecular formula is C21H24F3NO5. The molecule has 1 unspecified atom stereocenters. The minimum atomic E-state index is -1.59. The second kappa shape index (κ2) is 10.2. The third-order valence-electron chi connectivity index (χ3n) is 4.74. The number of hydrogen-bond donors (Lipinski definition) is 1. The first-order valence-corrected chi connectivity index (χ1v) is 9.08. The second-order valence-corrected chi connectivity index (χ2v) is 6.57. The number of carbonyl (C=O) groups is 1. The first-order valence-electron chi connectivity index (χ1n) is 9.08. The van der Waals surface area contributed by atoms with Crippen LogP contribution in [0.25, 0.3) is 0 Å². The van der Waals surface area contributed by atoms with Crippen LogP contribution in [0.1, 0.15) is 28.3 Å². The Morgan fingerprint density at radius 3 is 2.13 bits per heavy atom. The fourth-order valence-electron chi connectivity index (χ4n) is 3.20. The van der Waals surface area contributed by atoms with E-state index in [2.05, 4.69) is 0 Å². The average Bonchev–Trinajstić information content (AvgIpc) is 2.75. The van der Waals surface area contributed by atoms with E-state index in [0.29, 0.717) is 5.75 Å². The number of likely N-dealkylation sites (N-methyl/N-ethyl adjacent to an activating group) is 1. The largest absolute Gasteiger partial charge is 0.493 e. The van der Waals surface area contributed by atoms with Crippen LogP contribution < -0.4 is 14.2 Å². The highest BCUT2D eigenvalue weighted by molar-refractivity contribution is 5.95. The van der Waals surface area contributed by atoms with Gasteiger partial charge in [0, 0.05) is 31.7 Å². The molecule has 6 nitrogen and oxygen atoms in total. The molecular weight excluding hydrogens is 403 g/mol. The summed E-state index contributed by atoms with van der Waals surface area (Å²) in [7, 11) is 5.74. The summed E-state index contributed by atoms with van der Waals surface area (Å²) in [6, 6.07) is 4.88. The van der Waals surface area contributed by atoms with Crippen LogP contribution in [0.4, 0.5) is 13.2 Å². The summed E-state index contributed by atoms with van der Waals surface area (Å²) in [5.74, 6) is -4.53. The molecule has 0 aliphatic heterocycles. The first-order chi connectivity index (χ1) is 14.3. The molecule has 1 atom stereocenters. The van der Waals surface area contributed by atoms with Gasteiger partial charge < -0.3 is 24.2 Å². The van der Waals surface area contributed by atoms with Gasteiger partial charge in [-0.3, -0.25) is 4.79 Å². The number of carbonyl (C=O) groups excluding carboxylic acids is 1. The molecule has 1 N–H and O–H groups in total. The van der Waals surface area contributed by atoms with Crippen molar-refractivity contribution < 1.29 is 37.3 Å². The molecule has 0 fully saturated rings. The number of amides is 1. The smallest absolute Gasteiger partial charge is 0.253 e. The maximum atomic E-state index is 14.2. The van der Waals surface area contributed by atoms with E-state index in [4.69, 9.17) is 14.2 Å². The van der Waals surface area contributed by atoms with E-state index in [0.717, 1.165) is 12.1 Å². The van der Waals surface area contributed by atoms with Crippen LogP contribution >= 0.6 is 0 Å². The van der Waals surface area contributed by atoms with Gasteiger partial charge in [-0.1, -0.05) is 6.07 Å². The lowest BCUT2D eigenvalue weighted by Crippen LogP contribution is -2.32. The van der Waals surface area contributed by atoms with E-state index in [-0.39, 0.29) is 42.2 Å². The standard InChI is InChI=1S/C21H24F3NO5/c1-25(11-12(7-8-26)14-5-6-15(22)19(24)18(14)23)21(27)13-9-16(28-2)20(30-4)17(10-13)29-3/h5-6,9-10,12,26H,7-8,11H2,1-4H3. The van der Waals surface area contributed by atoms with Crippen molar-refractivity contribution in [3.05, 3.63) is 52.8 Å². The summed E-state index contributed by atoms with van der Waals surface area (Å²) in [4.78, 5) is 14.2. The monoisotopic (exact) mass is 427 g/mol. The van der Waals surface area contributed by atoms with Crippen LogP contribution in [0.5, 0.6) is 17.2 Å². The second-order valence-electron chi connectivity index (χ2n) is 6.57. The van der Waals surface area contributed by atoms with Gasteiger partial charge in [-0.05, 0) is 30.2 Å². The number of rotatable bonds is 9. The van der Waals surface area contributed by atoms with Crippen LogP contribution in [0.3, 0.4) is 0 Å². The Balaban J connectivity index is 2.34. The fraction of sp³-hybridized carbons (Fsp3) is 0.381. The molecule has 30 heavy (non-hydrogen) atoms. The Hall–Kier alpha value is -2.94. The minimum Gasteiger partial charge on any atom is -0.493 e. The van der Waals surface area contributed by atoms with Crippen molar-refractivity contribution in [3.63, 3.8) is 0 Å². The van der Waals surface area contributed by atoms with Gasteiger partial charge in [-0.25, -0.2) is 13.2 Å². The van der Waals surface area contributed by atoms with E-state index in [1.165, 1.54) is 45.4 Å². The quantitative estimate of drug-likeness (QED) is 0.622. The van der Waals surface area contributed by atoms with Gasteiger partial charge in [0.2, 0.25) is 5.75 Å². The molecule has 0 heterocycles. The van der Waals surface area contributed by atoms with Gasteiger partial charge in [0.15, 0.2) is 29.0 Å². The predicted molar refractivity (Wildman–Crippen MR) is 104 cm³/mol. The molecule has 0 bridgehead atoms. The summed E-state index contributed by atoms with van der Waals surface area (Å²) in [6.45, 7) is -0.368. The van der Waals surface area contributed by atoms with Crippen molar-refractivity contribution in [2.75, 3.05) is 41.5 Å². The molecule has 0 radical (unpaired) electrons. The summed E-state index contributed by atoms with van der Waals surface area (Å²) >= 11 is 0. The number of hydrogen-bond acceptors (Lipinski definition) is 5. The highest BCUT2D eigenvalue weighted by atomic mass is 19.2. The zero-order valence-electron chi connectivity index (χ0n) is 17.2. The van der Waals surface area contributed by atoms with E-state index >= 15 is 0 Å². The van der Waals surface area contributed by atoms with Crippen LogP contribution in [-0.4, -0.2) is 57.4 Å². The zero-order valence-corrected chi connectivity index (χ0v) is 17.2. The number of benzene rings is 2. The van der Waals surface area contributed by atoms with Gasteiger partial charge >= 0.3 is 0 Å². The summed E-state index contributed by atoms with van der Waals surface area (Å²) in [6.07, 6.45) is 0.0505. The molecule has 1 amide bonds. The lowest BCUT2D eigenvalue weighted by Gasteiger charge is -2.25. The molecule has 0 aliphatic carbocycles. The van der Waals surface area contributed by atoms with Crippen molar-refractivity contribution in [2.24, 2.45) is 0 Å². The number of methoxy groups -OCH3 is 3. The average molecular weight is 427 g/mol. The Morgan fingerprint density at radius 1 is 1.03 bits per heavy atom. The first kappa shape index (κ1) is 23.3. The van der Waals surface area contributed by atoms with Gasteiger partial charge in [0.05, 0.1) is 21.3 Å². The number of halogens is 3. The molecule has 0 aromatic heterocycles. The van der Waals surface area contributed by atoms with Crippen molar-refractivity contribution in [1.82, 2.24) is 4.90 Å². The van der Waals surface area contributed by atoms with Crippen LogP contribution in [0.2, 0.25) is 0 Å². The van der Waals surface area contributed by atoms with E-state index in [9.17, 15) is 23.1 Å². The molecule has 0 saturated heterocycles. The molecule has 0 spiro atoms. The van der Waals surface area contributed by atoms with Gasteiger partial charge in [-0.15, -0.1) is 0 Å². The van der Waals surface area contributed by atoms with Crippen molar-refractivity contribution in [3.8, 4) is 17.2 Å². The fourth-order valence-corrected chi connectivity index (χ4v) is 3.20. The Bertz CT molecular complexity index is 881. The minimum absolute atomic E-state index is 0.0436. The maximum absolute atomic E-state index is 14.2. The van der Waals surface area contributed by atoms with Crippen molar-refractivity contribution in [2.45, 2.75) is 12.3 Å². The van der Waals surface area contributed by atoms with Crippen LogP contribution in [-0.2, 0) is 0 Å². The van der Waals surface area contributed by atoms with Crippen molar-refractivity contribution >= 4 is 5.91 Å². The van der Waals surface area contributed by atoms with Crippen LogP contribution in [0, 0.1) is 17.5 Å². The van der Waals surface area contributed by atoms with Gasteiger partial charge in [0.1, 0.15) is 0 Å². The number of ether oxygens (including phenoxy) is 3. The zero-order chi connectivity index (χ0) is 22.4. The molecule has 2 rings (SSSR count). The number of aliphatic hydroxyl groups is 1. The van der Waals surface area contributed by atoms with Gasteiger partial charge in [0.25, 0.3) is 5.91 Å². The predicted octanol–water partition coefficient (Wildman–Crippen LogP) is 3.37. The summed E-state index contributed by atoms with van der Waals surface area (Å²) in [5, 5.41) is 9.33. The maximum Gasteiger partial charge on any atom is 0.253 e. The molecule has 0 saturated carbocycles. The lowest BCUT2D eigenvalue weighted by atomic mass is 9.94. The Morgan fingerprint density at radius 2 is 1.63 bits per heavy atom. The van der Waals surface area contributed by atoms with E-state index in [1.54, 1.807) is 0 Å². The highest BCUT2D eigenvalue weighted by Gasteiger charge is 2.25. The van der Waals surface area contributed by atoms with Crippen molar-refractivity contribution in [1.29, 1.82) is 0 Å². The SMILES string of the molecule is COc1cc(C(=O)N(C)CC(CCO)c2ccc(F)c(F)c2F)cc(OC)c1OC.